The first-order valence-electron chi connectivity index (χ1n) is 12.9. The third-order valence-corrected chi connectivity index (χ3v) is 6.81. The van der Waals surface area contributed by atoms with Gasteiger partial charge in [0, 0.05) is 64.9 Å². The second-order valence-corrected chi connectivity index (χ2v) is 9.54. The molecule has 3 amide bonds. The Morgan fingerprint density at radius 1 is 1.05 bits per heavy atom. The first kappa shape index (κ1) is 28.5. The molecule has 1 aromatic carbocycles. The predicted molar refractivity (Wildman–Crippen MR) is 134 cm³/mol. The summed E-state index contributed by atoms with van der Waals surface area (Å²) in [5.74, 6) is -2.81. The van der Waals surface area contributed by atoms with E-state index in [-0.39, 0.29) is 75.5 Å². The normalized spacial score (nSPS) is 20.1. The Bertz CT molecular complexity index is 1050. The van der Waals surface area contributed by atoms with Crippen LogP contribution in [0.5, 0.6) is 0 Å². The van der Waals surface area contributed by atoms with Crippen LogP contribution in [0.4, 0.5) is 25.0 Å². The lowest BCUT2D eigenvalue weighted by atomic mass is 10.2. The highest BCUT2D eigenvalue weighted by Crippen LogP contribution is 2.31. The SMILES string of the molecule is CC(=O)NCC1CN(c2cc(F)c(N3CCN(C(=O)COC(=O)CCN4CCOCC4)CC3)c(F)c2)C(=O)O1. The third kappa shape index (κ3) is 7.53. The summed E-state index contributed by atoms with van der Waals surface area (Å²) in [5, 5.41) is 2.54. The molecule has 0 aromatic heterocycles. The Morgan fingerprint density at radius 2 is 1.72 bits per heavy atom. The summed E-state index contributed by atoms with van der Waals surface area (Å²) < 4.78 is 45.6. The molecule has 1 N–H and O–H groups in total. The van der Waals surface area contributed by atoms with Crippen molar-refractivity contribution in [1.82, 2.24) is 15.1 Å². The number of nitrogens with zero attached hydrogens (tertiary/aromatic N) is 4. The number of hydrogen-bond donors (Lipinski definition) is 1. The lowest BCUT2D eigenvalue weighted by Gasteiger charge is -2.36. The number of rotatable bonds is 9. The van der Waals surface area contributed by atoms with Crippen LogP contribution in [0, 0.1) is 11.6 Å². The summed E-state index contributed by atoms with van der Waals surface area (Å²) in [6.45, 7) is 5.15. The summed E-state index contributed by atoms with van der Waals surface area (Å²) in [7, 11) is 0. The number of benzene rings is 1. The van der Waals surface area contributed by atoms with Gasteiger partial charge in [-0.3, -0.25) is 24.2 Å². The monoisotopic (exact) mass is 553 g/mol. The fraction of sp³-hybridized carbons (Fsp3) is 0.600. The van der Waals surface area contributed by atoms with Gasteiger partial charge in [0.15, 0.2) is 18.2 Å². The molecule has 0 saturated carbocycles. The van der Waals surface area contributed by atoms with Gasteiger partial charge < -0.3 is 29.3 Å². The van der Waals surface area contributed by atoms with E-state index in [1.54, 1.807) is 0 Å². The number of cyclic esters (lactones) is 1. The topological polar surface area (TPSA) is 121 Å². The van der Waals surface area contributed by atoms with E-state index in [0.717, 1.165) is 30.1 Å². The predicted octanol–water partition coefficient (Wildman–Crippen LogP) is 0.340. The number of piperazine rings is 1. The molecule has 214 valence electrons. The highest BCUT2D eigenvalue weighted by atomic mass is 19.1. The van der Waals surface area contributed by atoms with Gasteiger partial charge in [0.05, 0.1) is 38.4 Å². The molecular formula is C25H33F2N5O7. The van der Waals surface area contributed by atoms with Gasteiger partial charge in [-0.05, 0) is 0 Å². The quantitative estimate of drug-likeness (QED) is 0.432. The van der Waals surface area contributed by atoms with Crippen LogP contribution in [-0.4, -0.2) is 119 Å². The van der Waals surface area contributed by atoms with E-state index in [2.05, 4.69) is 10.2 Å². The first-order chi connectivity index (χ1) is 18.7. The molecule has 3 fully saturated rings. The second kappa shape index (κ2) is 13.0. The van der Waals surface area contributed by atoms with E-state index < -0.39 is 29.8 Å². The van der Waals surface area contributed by atoms with E-state index in [1.807, 2.05) is 0 Å². The zero-order chi connectivity index (χ0) is 27.9. The molecule has 0 radical (unpaired) electrons. The summed E-state index contributed by atoms with van der Waals surface area (Å²) in [5.41, 5.74) is -0.240. The van der Waals surface area contributed by atoms with E-state index in [9.17, 15) is 19.2 Å². The summed E-state index contributed by atoms with van der Waals surface area (Å²) in [6, 6.07) is 2.13. The molecule has 3 heterocycles. The molecule has 0 bridgehead atoms. The molecule has 12 nitrogen and oxygen atoms in total. The van der Waals surface area contributed by atoms with E-state index in [1.165, 1.54) is 16.7 Å². The number of esters is 1. The van der Waals surface area contributed by atoms with Gasteiger partial charge in [-0.25, -0.2) is 13.6 Å². The summed E-state index contributed by atoms with van der Waals surface area (Å²) in [6.07, 6.45) is -1.21. The number of ether oxygens (including phenoxy) is 3. The smallest absolute Gasteiger partial charge is 0.414 e. The molecule has 3 aliphatic heterocycles. The average molecular weight is 554 g/mol. The van der Waals surface area contributed by atoms with E-state index >= 15 is 8.78 Å². The van der Waals surface area contributed by atoms with Crippen molar-refractivity contribution in [2.75, 3.05) is 88.5 Å². The molecular weight excluding hydrogens is 520 g/mol. The number of anilines is 2. The van der Waals surface area contributed by atoms with Gasteiger partial charge >= 0.3 is 12.1 Å². The van der Waals surface area contributed by atoms with E-state index in [0.29, 0.717) is 19.8 Å². The van der Waals surface area contributed by atoms with Crippen LogP contribution < -0.4 is 15.1 Å². The number of hydrogen-bond acceptors (Lipinski definition) is 9. The van der Waals surface area contributed by atoms with Crippen LogP contribution in [0.2, 0.25) is 0 Å². The standard InChI is InChI=1S/C25H33F2N5O7/c1-17(33)28-14-19-15-32(25(36)39-19)18-12-20(26)24(21(27)13-18)31-6-4-30(5-7-31)22(34)16-38-23(35)2-3-29-8-10-37-11-9-29/h12-13,19H,2-11,14-16H2,1H3,(H,28,33). The van der Waals surface area contributed by atoms with Gasteiger partial charge in [-0.15, -0.1) is 0 Å². The van der Waals surface area contributed by atoms with Gasteiger partial charge in [0.25, 0.3) is 5.91 Å². The Kier molecular flexibility index (Phi) is 9.51. The zero-order valence-corrected chi connectivity index (χ0v) is 21.8. The molecule has 3 aliphatic rings. The van der Waals surface area contributed by atoms with Crippen molar-refractivity contribution in [2.45, 2.75) is 19.4 Å². The first-order valence-corrected chi connectivity index (χ1v) is 12.9. The number of amides is 3. The molecule has 0 spiro atoms. The van der Waals surface area contributed by atoms with Gasteiger partial charge in [0.2, 0.25) is 5.91 Å². The van der Waals surface area contributed by atoms with Crippen molar-refractivity contribution in [3.05, 3.63) is 23.8 Å². The fourth-order valence-corrected chi connectivity index (χ4v) is 4.67. The highest BCUT2D eigenvalue weighted by molar-refractivity contribution is 5.90. The molecule has 3 saturated heterocycles. The zero-order valence-electron chi connectivity index (χ0n) is 21.8. The summed E-state index contributed by atoms with van der Waals surface area (Å²) in [4.78, 5) is 54.0. The number of halogens is 2. The molecule has 39 heavy (non-hydrogen) atoms. The van der Waals surface area contributed by atoms with E-state index in [4.69, 9.17) is 14.2 Å². The molecule has 0 aliphatic carbocycles. The van der Waals surface area contributed by atoms with Gasteiger partial charge in [0.1, 0.15) is 11.8 Å². The lowest BCUT2D eigenvalue weighted by Crippen LogP contribution is -2.50. The Hall–Kier alpha value is -3.52. The molecule has 1 atom stereocenters. The minimum atomic E-state index is -0.850. The van der Waals surface area contributed by atoms with Crippen molar-refractivity contribution in [2.24, 2.45) is 0 Å². The van der Waals surface area contributed by atoms with Crippen LogP contribution in [0.25, 0.3) is 0 Å². The third-order valence-electron chi connectivity index (χ3n) is 6.81. The Labute approximate surface area is 224 Å². The number of carbonyl (C=O) groups excluding carboxylic acids is 4. The number of carbonyl (C=O) groups is 4. The number of morpholine rings is 1. The molecule has 1 aromatic rings. The maximum absolute atomic E-state index is 15.0. The van der Waals surface area contributed by atoms with Crippen molar-refractivity contribution >= 4 is 35.3 Å². The highest BCUT2D eigenvalue weighted by Gasteiger charge is 2.34. The second-order valence-electron chi connectivity index (χ2n) is 9.54. The van der Waals surface area contributed by atoms with Crippen LogP contribution in [-0.2, 0) is 28.6 Å². The minimum Gasteiger partial charge on any atom is -0.456 e. The summed E-state index contributed by atoms with van der Waals surface area (Å²) >= 11 is 0. The maximum atomic E-state index is 15.0. The fourth-order valence-electron chi connectivity index (χ4n) is 4.67. The van der Waals surface area contributed by atoms with Crippen LogP contribution >= 0.6 is 0 Å². The Morgan fingerprint density at radius 3 is 2.36 bits per heavy atom. The van der Waals surface area contributed by atoms with Crippen LogP contribution in [0.1, 0.15) is 13.3 Å². The van der Waals surface area contributed by atoms with Crippen LogP contribution in [0.3, 0.4) is 0 Å². The number of nitrogens with one attached hydrogen (secondary N) is 1. The minimum absolute atomic E-state index is 0.00771. The van der Waals surface area contributed by atoms with Crippen molar-refractivity contribution in [3.8, 4) is 0 Å². The van der Waals surface area contributed by atoms with Crippen LogP contribution in [0.15, 0.2) is 12.1 Å². The average Bonchev–Trinajstić information content (AvgIpc) is 3.30. The van der Waals surface area contributed by atoms with Crippen molar-refractivity contribution < 1.29 is 42.2 Å². The lowest BCUT2D eigenvalue weighted by molar-refractivity contribution is -0.152. The molecule has 4 rings (SSSR count). The van der Waals surface area contributed by atoms with Crippen molar-refractivity contribution in [3.63, 3.8) is 0 Å². The Balaban J connectivity index is 1.25. The van der Waals surface area contributed by atoms with Gasteiger partial charge in [-0.2, -0.15) is 0 Å². The van der Waals surface area contributed by atoms with Gasteiger partial charge in [-0.1, -0.05) is 0 Å². The molecule has 14 heteroatoms. The largest absolute Gasteiger partial charge is 0.456 e. The maximum Gasteiger partial charge on any atom is 0.414 e. The molecule has 1 unspecified atom stereocenters. The van der Waals surface area contributed by atoms with Crippen molar-refractivity contribution in [1.29, 1.82) is 0 Å².